The molecule has 0 saturated carbocycles. The van der Waals surface area contributed by atoms with Crippen LogP contribution in [0.5, 0.6) is 0 Å². The number of nitrogens with one attached hydrogen (secondary N) is 1. The number of benzene rings is 2. The number of halogens is 2. The molecular formula is C23H21ClFNO3S. The van der Waals surface area contributed by atoms with Crippen molar-refractivity contribution in [3.05, 3.63) is 75.4 Å². The number of hydrogen-bond acceptors (Lipinski definition) is 4. The molecule has 0 aliphatic carbocycles. The molecule has 0 bridgehead atoms. The first-order chi connectivity index (χ1) is 14.3. The molecule has 156 valence electrons. The van der Waals surface area contributed by atoms with E-state index in [0.717, 1.165) is 11.6 Å². The maximum absolute atomic E-state index is 14.1. The minimum atomic E-state index is -0.737. The summed E-state index contributed by atoms with van der Waals surface area (Å²) in [5, 5.41) is 4.67. The second-order valence-corrected chi connectivity index (χ2v) is 8.19. The molecule has 2 aromatic carbocycles. The first kappa shape index (κ1) is 22.0. The molecule has 0 fully saturated rings. The molecule has 0 spiro atoms. The Bertz CT molecular complexity index is 1060. The summed E-state index contributed by atoms with van der Waals surface area (Å²) >= 11 is 7.17. The van der Waals surface area contributed by atoms with Gasteiger partial charge in [0.15, 0.2) is 0 Å². The van der Waals surface area contributed by atoms with Crippen LogP contribution >= 0.6 is 22.9 Å². The zero-order chi connectivity index (χ0) is 21.8. The van der Waals surface area contributed by atoms with E-state index in [1.165, 1.54) is 29.0 Å². The van der Waals surface area contributed by atoms with Gasteiger partial charge >= 0.3 is 5.97 Å². The summed E-state index contributed by atoms with van der Waals surface area (Å²) in [4.78, 5) is 25.4. The number of anilines is 1. The maximum atomic E-state index is 14.1. The van der Waals surface area contributed by atoms with Crippen molar-refractivity contribution in [1.82, 2.24) is 0 Å². The Kier molecular flexibility index (Phi) is 6.90. The van der Waals surface area contributed by atoms with Crippen molar-refractivity contribution in [1.29, 1.82) is 0 Å². The molecule has 0 unspecified atom stereocenters. The standard InChI is InChI=1S/C23H21ClFNO3S/c1-4-29-23(28)19-16(15-10-8-14(9-11-15)13(2)3)12-30-22(19)26-21(27)20-17(24)6-5-7-18(20)25/h5-13H,4H2,1-3H3,(H,26,27). The highest BCUT2D eigenvalue weighted by Crippen LogP contribution is 2.37. The molecule has 3 rings (SSSR count). The molecule has 1 amide bonds. The van der Waals surface area contributed by atoms with Gasteiger partial charge in [0.25, 0.3) is 5.91 Å². The molecule has 0 aliphatic rings. The Labute approximate surface area is 183 Å². The van der Waals surface area contributed by atoms with Crippen molar-refractivity contribution < 1.29 is 18.7 Å². The average Bonchev–Trinajstić information content (AvgIpc) is 3.11. The predicted molar refractivity (Wildman–Crippen MR) is 119 cm³/mol. The molecule has 7 heteroatoms. The second kappa shape index (κ2) is 9.41. The topological polar surface area (TPSA) is 55.4 Å². The average molecular weight is 446 g/mol. The van der Waals surface area contributed by atoms with Gasteiger partial charge in [-0.15, -0.1) is 11.3 Å². The minimum Gasteiger partial charge on any atom is -0.462 e. The van der Waals surface area contributed by atoms with Crippen molar-refractivity contribution in [3.8, 4) is 11.1 Å². The van der Waals surface area contributed by atoms with E-state index in [9.17, 15) is 14.0 Å². The lowest BCUT2D eigenvalue weighted by Gasteiger charge is -2.11. The third kappa shape index (κ3) is 4.55. The van der Waals surface area contributed by atoms with Gasteiger partial charge in [0.1, 0.15) is 16.4 Å². The normalized spacial score (nSPS) is 10.9. The zero-order valence-corrected chi connectivity index (χ0v) is 18.4. The number of carbonyl (C=O) groups is 2. The highest BCUT2D eigenvalue weighted by Gasteiger charge is 2.25. The van der Waals surface area contributed by atoms with E-state index in [0.29, 0.717) is 11.5 Å². The number of esters is 1. The van der Waals surface area contributed by atoms with E-state index in [1.807, 2.05) is 24.3 Å². The van der Waals surface area contributed by atoms with E-state index in [-0.39, 0.29) is 27.8 Å². The Morgan fingerprint density at radius 3 is 2.43 bits per heavy atom. The monoisotopic (exact) mass is 445 g/mol. The second-order valence-electron chi connectivity index (χ2n) is 6.90. The lowest BCUT2D eigenvalue weighted by molar-refractivity contribution is 0.0529. The van der Waals surface area contributed by atoms with Gasteiger partial charge in [-0.3, -0.25) is 4.79 Å². The molecule has 0 atom stereocenters. The molecule has 1 N–H and O–H groups in total. The maximum Gasteiger partial charge on any atom is 0.341 e. The SMILES string of the molecule is CCOC(=O)c1c(-c2ccc(C(C)C)cc2)csc1NC(=O)c1c(F)cccc1Cl. The summed E-state index contributed by atoms with van der Waals surface area (Å²) < 4.78 is 19.3. The van der Waals surface area contributed by atoms with Crippen LogP contribution in [-0.2, 0) is 4.74 Å². The number of thiophene rings is 1. The van der Waals surface area contributed by atoms with E-state index >= 15 is 0 Å². The fourth-order valence-corrected chi connectivity index (χ4v) is 4.20. The highest BCUT2D eigenvalue weighted by molar-refractivity contribution is 7.15. The van der Waals surface area contributed by atoms with Crippen LogP contribution in [0.3, 0.4) is 0 Å². The van der Waals surface area contributed by atoms with Crippen LogP contribution in [0.15, 0.2) is 47.8 Å². The largest absolute Gasteiger partial charge is 0.462 e. The number of amides is 1. The number of hydrogen-bond donors (Lipinski definition) is 1. The van der Waals surface area contributed by atoms with Gasteiger partial charge in [0.2, 0.25) is 0 Å². The van der Waals surface area contributed by atoms with Crippen molar-refractivity contribution in [2.24, 2.45) is 0 Å². The third-order valence-corrected chi connectivity index (χ3v) is 5.79. The third-order valence-electron chi connectivity index (χ3n) is 4.58. The van der Waals surface area contributed by atoms with Crippen LogP contribution in [0.25, 0.3) is 11.1 Å². The lowest BCUT2D eigenvalue weighted by Crippen LogP contribution is -2.16. The van der Waals surface area contributed by atoms with Crippen LogP contribution < -0.4 is 5.32 Å². The van der Waals surface area contributed by atoms with Gasteiger partial charge in [-0.05, 0) is 36.1 Å². The van der Waals surface area contributed by atoms with Crippen molar-refractivity contribution >= 4 is 39.8 Å². The number of carbonyl (C=O) groups excluding carboxylic acids is 2. The van der Waals surface area contributed by atoms with Crippen LogP contribution in [0.4, 0.5) is 9.39 Å². The summed E-state index contributed by atoms with van der Waals surface area (Å²) in [5.41, 5.74) is 2.60. The first-order valence-electron chi connectivity index (χ1n) is 9.47. The van der Waals surface area contributed by atoms with Crippen LogP contribution in [0.1, 0.15) is 53.0 Å². The molecule has 3 aromatic rings. The van der Waals surface area contributed by atoms with Gasteiger partial charge in [-0.25, -0.2) is 9.18 Å². The fraction of sp³-hybridized carbons (Fsp3) is 0.217. The molecule has 0 saturated heterocycles. The Morgan fingerprint density at radius 2 is 1.83 bits per heavy atom. The molecule has 1 aromatic heterocycles. The molecule has 4 nitrogen and oxygen atoms in total. The molecule has 0 aliphatic heterocycles. The lowest BCUT2D eigenvalue weighted by atomic mass is 9.98. The van der Waals surface area contributed by atoms with Crippen LogP contribution in [0.2, 0.25) is 5.02 Å². The summed E-state index contributed by atoms with van der Waals surface area (Å²) in [6.07, 6.45) is 0. The van der Waals surface area contributed by atoms with Crippen molar-refractivity contribution in [3.63, 3.8) is 0 Å². The van der Waals surface area contributed by atoms with Crippen molar-refractivity contribution in [2.45, 2.75) is 26.7 Å². The Balaban J connectivity index is 2.01. The van der Waals surface area contributed by atoms with E-state index in [4.69, 9.17) is 16.3 Å². The molecular weight excluding hydrogens is 425 g/mol. The van der Waals surface area contributed by atoms with Gasteiger partial charge in [-0.1, -0.05) is 55.8 Å². The summed E-state index contributed by atoms with van der Waals surface area (Å²) in [5.74, 6) is -1.64. The molecule has 30 heavy (non-hydrogen) atoms. The first-order valence-corrected chi connectivity index (χ1v) is 10.7. The summed E-state index contributed by atoms with van der Waals surface area (Å²) in [6, 6.07) is 11.9. The Hall–Kier alpha value is -2.70. The number of ether oxygens (including phenoxy) is 1. The van der Waals surface area contributed by atoms with Gasteiger partial charge in [-0.2, -0.15) is 0 Å². The fourth-order valence-electron chi connectivity index (χ4n) is 3.00. The zero-order valence-electron chi connectivity index (χ0n) is 16.8. The smallest absolute Gasteiger partial charge is 0.341 e. The summed E-state index contributed by atoms with van der Waals surface area (Å²) in [7, 11) is 0. The van der Waals surface area contributed by atoms with Crippen LogP contribution in [-0.4, -0.2) is 18.5 Å². The number of rotatable bonds is 6. The molecule has 1 heterocycles. The van der Waals surface area contributed by atoms with E-state index in [2.05, 4.69) is 19.2 Å². The Morgan fingerprint density at radius 1 is 1.13 bits per heavy atom. The van der Waals surface area contributed by atoms with E-state index in [1.54, 1.807) is 12.3 Å². The van der Waals surface area contributed by atoms with Crippen LogP contribution in [0, 0.1) is 5.82 Å². The molecule has 0 radical (unpaired) electrons. The predicted octanol–water partition coefficient (Wildman–Crippen LogP) is 6.76. The van der Waals surface area contributed by atoms with Gasteiger partial charge in [0.05, 0.1) is 17.2 Å². The van der Waals surface area contributed by atoms with Crippen molar-refractivity contribution in [2.75, 3.05) is 11.9 Å². The summed E-state index contributed by atoms with van der Waals surface area (Å²) in [6.45, 7) is 6.10. The van der Waals surface area contributed by atoms with E-state index < -0.39 is 17.7 Å². The van der Waals surface area contributed by atoms with Gasteiger partial charge < -0.3 is 10.1 Å². The quantitative estimate of drug-likeness (QED) is 0.426. The van der Waals surface area contributed by atoms with Gasteiger partial charge in [0, 0.05) is 10.9 Å². The highest BCUT2D eigenvalue weighted by atomic mass is 35.5. The minimum absolute atomic E-state index is 0.00811.